The number of nitrogens with one attached hydrogen (secondary N) is 1. The molecule has 2 atom stereocenters. The first kappa shape index (κ1) is 26.2. The van der Waals surface area contributed by atoms with Crippen molar-refractivity contribution in [3.05, 3.63) is 28.8 Å². The lowest BCUT2D eigenvalue weighted by atomic mass is 9.84. The monoisotopic (exact) mass is 437 g/mol. The molecular formula is C23H39NO5Si. The third-order valence-corrected chi connectivity index (χ3v) is 5.09. The maximum absolute atomic E-state index is 12.5. The Morgan fingerprint density at radius 1 is 1.00 bits per heavy atom. The van der Waals surface area contributed by atoms with E-state index in [1.165, 1.54) is 0 Å². The molecule has 1 rings (SSSR count). The number of ether oxygens (including phenoxy) is 2. The molecule has 0 fully saturated rings. The van der Waals surface area contributed by atoms with E-state index >= 15 is 0 Å². The highest BCUT2D eigenvalue weighted by atomic mass is 28.3. The molecule has 1 amide bonds. The Morgan fingerprint density at radius 3 is 1.90 bits per heavy atom. The van der Waals surface area contributed by atoms with Crippen molar-refractivity contribution in [3.63, 3.8) is 0 Å². The predicted octanol–water partition coefficient (Wildman–Crippen LogP) is 5.21. The summed E-state index contributed by atoms with van der Waals surface area (Å²) in [6.45, 7) is 21.5. The fourth-order valence-corrected chi connectivity index (χ4v) is 4.19. The van der Waals surface area contributed by atoms with E-state index in [4.69, 9.17) is 13.9 Å². The summed E-state index contributed by atoms with van der Waals surface area (Å²) < 4.78 is 17.1. The average Bonchev–Trinajstić information content (AvgIpc) is 2.52. The molecule has 1 aromatic rings. The molecule has 0 radical (unpaired) electrons. The van der Waals surface area contributed by atoms with Gasteiger partial charge in [-0.25, -0.2) is 9.59 Å². The molecule has 0 saturated carbocycles. The van der Waals surface area contributed by atoms with Crippen LogP contribution in [0.4, 0.5) is 4.79 Å². The normalized spacial score (nSPS) is 14.3. The van der Waals surface area contributed by atoms with Crippen LogP contribution < -0.4 is 10.1 Å². The zero-order chi connectivity index (χ0) is 23.4. The van der Waals surface area contributed by atoms with Gasteiger partial charge in [0, 0.05) is 0 Å². The first-order valence-electron chi connectivity index (χ1n) is 10.5. The highest BCUT2D eigenvalue weighted by Crippen LogP contribution is 2.39. The molecule has 170 valence electrons. The molecule has 0 spiro atoms. The fourth-order valence-electron chi connectivity index (χ4n) is 3.08. The van der Waals surface area contributed by atoms with Crippen LogP contribution in [0, 0.1) is 19.3 Å². The van der Waals surface area contributed by atoms with Crippen LogP contribution in [0.15, 0.2) is 12.1 Å². The molecule has 2 unspecified atom stereocenters. The van der Waals surface area contributed by atoms with Crippen LogP contribution in [0.3, 0.4) is 0 Å². The zero-order valence-electron chi connectivity index (χ0n) is 20.4. The second-order valence-corrected chi connectivity index (χ2v) is 12.6. The highest BCUT2D eigenvalue weighted by Gasteiger charge is 2.29. The minimum Gasteiger partial charge on any atom is -0.444 e. The van der Waals surface area contributed by atoms with Gasteiger partial charge in [-0.3, -0.25) is 0 Å². The molecule has 0 heterocycles. The minimum absolute atomic E-state index is 0.0286. The molecule has 0 aliphatic heterocycles. The molecule has 0 bridgehead atoms. The largest absolute Gasteiger partial charge is 0.444 e. The number of hydrogen-bond acceptors (Lipinski definition) is 5. The van der Waals surface area contributed by atoms with E-state index in [-0.39, 0.29) is 11.5 Å². The second kappa shape index (κ2) is 9.96. The van der Waals surface area contributed by atoms with Crippen LogP contribution in [0.25, 0.3) is 0 Å². The van der Waals surface area contributed by atoms with Crippen LogP contribution in [-0.2, 0) is 14.0 Å². The molecule has 6 nitrogen and oxygen atoms in total. The summed E-state index contributed by atoms with van der Waals surface area (Å²) in [6.07, 6.45) is -0.683. The Kier molecular flexibility index (Phi) is 8.69. The third kappa shape index (κ3) is 8.11. The Hall–Kier alpha value is -1.86. The molecule has 0 saturated heterocycles. The van der Waals surface area contributed by atoms with Crippen molar-refractivity contribution in [1.29, 1.82) is 0 Å². The summed E-state index contributed by atoms with van der Waals surface area (Å²) >= 11 is 0. The smallest absolute Gasteiger partial charge is 0.408 e. The minimum atomic E-state index is -1.25. The predicted molar refractivity (Wildman–Crippen MR) is 123 cm³/mol. The molecule has 0 aliphatic rings. The summed E-state index contributed by atoms with van der Waals surface area (Å²) in [7, 11) is -1.25. The Bertz CT molecular complexity index is 739. The molecule has 0 aliphatic carbocycles. The number of aryl methyl sites for hydroxylation is 2. The number of esters is 1. The fraction of sp³-hybridized carbons (Fsp3) is 0.652. The quantitative estimate of drug-likeness (QED) is 0.376. The summed E-state index contributed by atoms with van der Waals surface area (Å²) in [6, 6.07) is 3.21. The van der Waals surface area contributed by atoms with Crippen molar-refractivity contribution in [2.24, 2.45) is 5.41 Å². The van der Waals surface area contributed by atoms with E-state index in [9.17, 15) is 9.59 Å². The number of carbonyl (C=O) groups excluding carboxylic acids is 2. The van der Waals surface area contributed by atoms with Gasteiger partial charge in [0.05, 0.1) is 6.10 Å². The van der Waals surface area contributed by atoms with Gasteiger partial charge >= 0.3 is 12.1 Å². The van der Waals surface area contributed by atoms with E-state index in [1.807, 2.05) is 26.0 Å². The van der Waals surface area contributed by atoms with Crippen molar-refractivity contribution >= 4 is 21.1 Å². The number of carbonyl (C=O) groups is 2. The van der Waals surface area contributed by atoms with Gasteiger partial charge in [0.15, 0.2) is 9.04 Å². The second-order valence-electron chi connectivity index (χ2n) is 10.2. The lowest BCUT2D eigenvalue weighted by Gasteiger charge is -2.33. The standard InChI is InChI=1S/C23H39NO5Si/c1-14-12-17(19(22(4,5)6)29-30(10)11)13-15(2)18(14)27-20(25)16(3)24-21(26)28-23(7,8)9/h12-13,16,19,30H,1-11H3,(H,24,26). The van der Waals surface area contributed by atoms with E-state index in [2.05, 4.69) is 39.2 Å². The van der Waals surface area contributed by atoms with E-state index in [0.29, 0.717) is 5.75 Å². The lowest BCUT2D eigenvalue weighted by molar-refractivity contribution is -0.136. The van der Waals surface area contributed by atoms with E-state index < -0.39 is 32.7 Å². The molecule has 1 N–H and O–H groups in total. The molecule has 0 aromatic heterocycles. The first-order chi connectivity index (χ1) is 13.5. The van der Waals surface area contributed by atoms with Gasteiger partial charge in [-0.15, -0.1) is 0 Å². The van der Waals surface area contributed by atoms with Crippen molar-refractivity contribution in [2.45, 2.75) is 93.2 Å². The van der Waals surface area contributed by atoms with Gasteiger partial charge in [0.25, 0.3) is 0 Å². The Labute approximate surface area is 183 Å². The van der Waals surface area contributed by atoms with Gasteiger partial charge in [0.2, 0.25) is 0 Å². The summed E-state index contributed by atoms with van der Waals surface area (Å²) in [4.78, 5) is 24.4. The molecule has 1 aromatic carbocycles. The third-order valence-electron chi connectivity index (χ3n) is 4.27. The maximum atomic E-state index is 12.5. The number of amides is 1. The first-order valence-corrected chi connectivity index (χ1v) is 13.3. The van der Waals surface area contributed by atoms with Crippen LogP contribution in [-0.4, -0.2) is 32.7 Å². The zero-order valence-corrected chi connectivity index (χ0v) is 21.6. The summed E-state index contributed by atoms with van der Waals surface area (Å²) in [5.41, 5.74) is 2.09. The molecular weight excluding hydrogens is 398 g/mol. The summed E-state index contributed by atoms with van der Waals surface area (Å²) in [5.74, 6) is -0.0333. The SMILES string of the molecule is Cc1cc(C(O[SiH](C)C)C(C)(C)C)cc(C)c1OC(=O)C(C)NC(=O)OC(C)(C)C. The number of hydrogen-bond donors (Lipinski definition) is 1. The van der Waals surface area contributed by atoms with Crippen LogP contribution in [0.1, 0.15) is 71.3 Å². The van der Waals surface area contributed by atoms with Crippen molar-refractivity contribution in [1.82, 2.24) is 5.32 Å². The highest BCUT2D eigenvalue weighted by molar-refractivity contribution is 6.48. The van der Waals surface area contributed by atoms with Gasteiger partial charge in [-0.1, -0.05) is 20.8 Å². The number of alkyl carbamates (subject to hydrolysis) is 1. The van der Waals surface area contributed by atoms with Crippen LogP contribution in [0.2, 0.25) is 13.1 Å². The molecule has 30 heavy (non-hydrogen) atoms. The van der Waals surface area contributed by atoms with Crippen molar-refractivity contribution < 1.29 is 23.5 Å². The topological polar surface area (TPSA) is 73.9 Å². The van der Waals surface area contributed by atoms with Crippen LogP contribution in [0.5, 0.6) is 5.75 Å². The average molecular weight is 438 g/mol. The van der Waals surface area contributed by atoms with Gasteiger partial charge in [0.1, 0.15) is 17.4 Å². The summed E-state index contributed by atoms with van der Waals surface area (Å²) in [5, 5.41) is 2.52. The van der Waals surface area contributed by atoms with Gasteiger partial charge in [-0.05, 0) is 88.9 Å². The van der Waals surface area contributed by atoms with Gasteiger partial charge in [-0.2, -0.15) is 0 Å². The number of benzene rings is 1. The van der Waals surface area contributed by atoms with E-state index in [0.717, 1.165) is 16.7 Å². The molecule has 7 heteroatoms. The Morgan fingerprint density at radius 2 is 1.50 bits per heavy atom. The Balaban J connectivity index is 3.01. The van der Waals surface area contributed by atoms with E-state index in [1.54, 1.807) is 27.7 Å². The van der Waals surface area contributed by atoms with Crippen LogP contribution >= 0.6 is 0 Å². The van der Waals surface area contributed by atoms with Gasteiger partial charge < -0.3 is 19.2 Å². The number of rotatable bonds is 6. The maximum Gasteiger partial charge on any atom is 0.408 e. The van der Waals surface area contributed by atoms with Crippen molar-refractivity contribution in [2.75, 3.05) is 0 Å². The lowest BCUT2D eigenvalue weighted by Crippen LogP contribution is -2.43. The van der Waals surface area contributed by atoms with Crippen molar-refractivity contribution in [3.8, 4) is 5.75 Å².